The van der Waals surface area contributed by atoms with Gasteiger partial charge in [0.15, 0.2) is 0 Å². The molecule has 4 heteroatoms. The first-order valence-electron chi connectivity index (χ1n) is 6.89. The molecule has 0 bridgehead atoms. The zero-order chi connectivity index (χ0) is 14.2. The predicted octanol–water partition coefficient (Wildman–Crippen LogP) is 2.86. The second kappa shape index (κ2) is 4.91. The van der Waals surface area contributed by atoms with Crippen LogP contribution in [0.2, 0.25) is 0 Å². The van der Waals surface area contributed by atoms with E-state index in [2.05, 4.69) is 28.2 Å². The Morgan fingerprint density at radius 1 is 1.05 bits per heavy atom. The fourth-order valence-corrected chi connectivity index (χ4v) is 2.81. The Morgan fingerprint density at radius 3 is 2.95 bits per heavy atom. The highest BCUT2D eigenvalue weighted by Crippen LogP contribution is 2.33. The van der Waals surface area contributed by atoms with E-state index in [4.69, 9.17) is 4.74 Å². The van der Waals surface area contributed by atoms with Gasteiger partial charge in [-0.25, -0.2) is 0 Å². The SMILES string of the molecule is OC1COCc2c(-c3ccc4cnccc4c3)cncc21. The molecule has 104 valence electrons. The third-order valence-corrected chi connectivity index (χ3v) is 3.92. The summed E-state index contributed by atoms with van der Waals surface area (Å²) in [5.41, 5.74) is 3.99. The summed E-state index contributed by atoms with van der Waals surface area (Å²) >= 11 is 0. The van der Waals surface area contributed by atoms with Gasteiger partial charge in [0, 0.05) is 41.3 Å². The lowest BCUT2D eigenvalue weighted by Crippen LogP contribution is -2.17. The molecule has 0 spiro atoms. The lowest BCUT2D eigenvalue weighted by molar-refractivity contribution is 0.00981. The molecule has 0 saturated heterocycles. The first kappa shape index (κ1) is 12.4. The number of ether oxygens (including phenoxy) is 1. The molecule has 0 fully saturated rings. The number of aliphatic hydroxyl groups excluding tert-OH is 1. The molecule has 4 rings (SSSR count). The second-order valence-corrected chi connectivity index (χ2v) is 5.22. The molecular weight excluding hydrogens is 264 g/mol. The number of fused-ring (bicyclic) bond motifs is 2. The second-order valence-electron chi connectivity index (χ2n) is 5.22. The van der Waals surface area contributed by atoms with Gasteiger partial charge in [0.2, 0.25) is 0 Å². The van der Waals surface area contributed by atoms with Crippen LogP contribution in [0.5, 0.6) is 0 Å². The molecule has 1 aliphatic heterocycles. The van der Waals surface area contributed by atoms with E-state index in [0.717, 1.165) is 33.0 Å². The molecule has 1 aliphatic rings. The molecule has 21 heavy (non-hydrogen) atoms. The Kier molecular flexibility index (Phi) is 2.91. The van der Waals surface area contributed by atoms with E-state index in [-0.39, 0.29) is 0 Å². The summed E-state index contributed by atoms with van der Waals surface area (Å²) in [6.45, 7) is 0.847. The van der Waals surface area contributed by atoms with E-state index in [1.165, 1.54) is 0 Å². The first-order chi connectivity index (χ1) is 10.3. The Bertz CT molecular complexity index is 817. The number of rotatable bonds is 1. The molecule has 2 aromatic heterocycles. The number of hydrogen-bond donors (Lipinski definition) is 1. The standard InChI is InChI=1S/C17H14N2O2/c20-17-10-21-9-16-14(7-19-8-15(16)17)12-1-2-13-6-18-4-3-11(13)5-12/h1-8,17,20H,9-10H2. The molecule has 1 unspecified atom stereocenters. The van der Waals surface area contributed by atoms with Crippen molar-refractivity contribution in [2.45, 2.75) is 12.7 Å². The Hall–Kier alpha value is -2.30. The van der Waals surface area contributed by atoms with Crippen molar-refractivity contribution in [3.05, 3.63) is 60.2 Å². The van der Waals surface area contributed by atoms with Crippen molar-refractivity contribution in [1.29, 1.82) is 0 Å². The summed E-state index contributed by atoms with van der Waals surface area (Å²) < 4.78 is 5.47. The van der Waals surface area contributed by atoms with Crippen molar-refractivity contribution in [3.63, 3.8) is 0 Å². The van der Waals surface area contributed by atoms with E-state index in [1.54, 1.807) is 12.4 Å². The molecule has 0 aliphatic carbocycles. The molecule has 1 N–H and O–H groups in total. The average Bonchev–Trinajstić information content (AvgIpc) is 2.54. The summed E-state index contributed by atoms with van der Waals surface area (Å²) in [7, 11) is 0. The predicted molar refractivity (Wildman–Crippen MR) is 79.6 cm³/mol. The fourth-order valence-electron chi connectivity index (χ4n) is 2.81. The molecule has 1 aromatic carbocycles. The highest BCUT2D eigenvalue weighted by atomic mass is 16.5. The molecule has 3 aromatic rings. The van der Waals surface area contributed by atoms with Crippen molar-refractivity contribution >= 4 is 10.8 Å². The van der Waals surface area contributed by atoms with Crippen LogP contribution in [0.25, 0.3) is 21.9 Å². The summed E-state index contributed by atoms with van der Waals surface area (Å²) in [5, 5.41) is 12.3. The Morgan fingerprint density at radius 2 is 2.00 bits per heavy atom. The topological polar surface area (TPSA) is 55.2 Å². The van der Waals surface area contributed by atoms with Crippen LogP contribution in [0, 0.1) is 0 Å². The van der Waals surface area contributed by atoms with Gasteiger partial charge in [0.05, 0.1) is 13.2 Å². The van der Waals surface area contributed by atoms with Gasteiger partial charge in [-0.3, -0.25) is 9.97 Å². The summed E-state index contributed by atoms with van der Waals surface area (Å²) in [6, 6.07) is 8.22. The van der Waals surface area contributed by atoms with E-state index in [0.29, 0.717) is 13.2 Å². The van der Waals surface area contributed by atoms with Gasteiger partial charge in [-0.15, -0.1) is 0 Å². The first-order valence-corrected chi connectivity index (χ1v) is 6.89. The van der Waals surface area contributed by atoms with Gasteiger partial charge in [0.25, 0.3) is 0 Å². The van der Waals surface area contributed by atoms with Crippen molar-refractivity contribution in [3.8, 4) is 11.1 Å². The van der Waals surface area contributed by atoms with Gasteiger partial charge in [0.1, 0.15) is 6.10 Å². The molecule has 0 saturated carbocycles. The maximum atomic E-state index is 10.0. The monoisotopic (exact) mass is 278 g/mol. The molecular formula is C17H14N2O2. The van der Waals surface area contributed by atoms with Crippen molar-refractivity contribution in [2.24, 2.45) is 0 Å². The highest BCUT2D eigenvalue weighted by Gasteiger charge is 2.21. The van der Waals surface area contributed by atoms with Gasteiger partial charge < -0.3 is 9.84 Å². The summed E-state index contributed by atoms with van der Waals surface area (Å²) in [4.78, 5) is 8.41. The average molecular weight is 278 g/mol. The van der Waals surface area contributed by atoms with Crippen molar-refractivity contribution < 1.29 is 9.84 Å². The van der Waals surface area contributed by atoms with Crippen LogP contribution in [0.1, 0.15) is 17.2 Å². The van der Waals surface area contributed by atoms with Crippen LogP contribution in [-0.4, -0.2) is 21.7 Å². The van der Waals surface area contributed by atoms with Crippen LogP contribution in [0.4, 0.5) is 0 Å². The number of aliphatic hydroxyl groups is 1. The van der Waals surface area contributed by atoms with E-state index in [9.17, 15) is 5.11 Å². The minimum absolute atomic E-state index is 0.335. The van der Waals surface area contributed by atoms with Crippen LogP contribution >= 0.6 is 0 Å². The Labute approximate surface area is 122 Å². The minimum atomic E-state index is -0.592. The summed E-state index contributed by atoms with van der Waals surface area (Å²) in [5.74, 6) is 0. The number of pyridine rings is 2. The maximum absolute atomic E-state index is 10.0. The van der Waals surface area contributed by atoms with E-state index in [1.807, 2.05) is 18.5 Å². The zero-order valence-corrected chi connectivity index (χ0v) is 11.4. The zero-order valence-electron chi connectivity index (χ0n) is 11.4. The van der Waals surface area contributed by atoms with Gasteiger partial charge in [-0.2, -0.15) is 0 Å². The minimum Gasteiger partial charge on any atom is -0.386 e. The van der Waals surface area contributed by atoms with E-state index >= 15 is 0 Å². The smallest absolute Gasteiger partial charge is 0.104 e. The van der Waals surface area contributed by atoms with Crippen LogP contribution in [0.3, 0.4) is 0 Å². The fraction of sp³-hybridized carbons (Fsp3) is 0.176. The number of hydrogen-bond acceptors (Lipinski definition) is 4. The lowest BCUT2D eigenvalue weighted by atomic mass is 9.94. The maximum Gasteiger partial charge on any atom is 0.104 e. The molecule has 0 radical (unpaired) electrons. The van der Waals surface area contributed by atoms with Crippen LogP contribution in [0.15, 0.2) is 49.1 Å². The molecule has 0 amide bonds. The molecule has 4 nitrogen and oxygen atoms in total. The summed E-state index contributed by atoms with van der Waals surface area (Å²) in [6.07, 6.45) is 6.62. The van der Waals surface area contributed by atoms with Crippen molar-refractivity contribution in [1.82, 2.24) is 9.97 Å². The third-order valence-electron chi connectivity index (χ3n) is 3.92. The van der Waals surface area contributed by atoms with Gasteiger partial charge >= 0.3 is 0 Å². The lowest BCUT2D eigenvalue weighted by Gasteiger charge is -2.23. The van der Waals surface area contributed by atoms with Gasteiger partial charge in [-0.1, -0.05) is 12.1 Å². The number of nitrogens with zero attached hydrogens (tertiary/aromatic N) is 2. The van der Waals surface area contributed by atoms with Crippen LogP contribution < -0.4 is 0 Å². The number of benzene rings is 1. The largest absolute Gasteiger partial charge is 0.386 e. The molecule has 3 heterocycles. The van der Waals surface area contributed by atoms with Gasteiger partial charge in [-0.05, 0) is 28.6 Å². The normalized spacial score (nSPS) is 17.7. The highest BCUT2D eigenvalue weighted by molar-refractivity contribution is 5.87. The van der Waals surface area contributed by atoms with Crippen LogP contribution in [-0.2, 0) is 11.3 Å². The Balaban J connectivity index is 1.90. The van der Waals surface area contributed by atoms with Crippen molar-refractivity contribution in [2.75, 3.05) is 6.61 Å². The molecule has 1 atom stereocenters. The van der Waals surface area contributed by atoms with E-state index < -0.39 is 6.10 Å². The third kappa shape index (κ3) is 2.09. The number of aromatic nitrogens is 2. The quantitative estimate of drug-likeness (QED) is 0.743.